The second-order valence-corrected chi connectivity index (χ2v) is 3.57. The number of benzene rings is 1. The summed E-state index contributed by atoms with van der Waals surface area (Å²) in [5.74, 6) is 3.11. The van der Waals surface area contributed by atoms with Crippen LogP contribution in [0.15, 0.2) is 18.2 Å². The van der Waals surface area contributed by atoms with E-state index in [9.17, 15) is 4.79 Å². The van der Waals surface area contributed by atoms with Crippen molar-refractivity contribution in [1.29, 1.82) is 0 Å². The molecule has 1 amide bonds. The van der Waals surface area contributed by atoms with Crippen LogP contribution in [0.5, 0.6) is 11.5 Å². The van der Waals surface area contributed by atoms with E-state index in [0.717, 1.165) is 0 Å². The molecule has 1 unspecified atom stereocenters. The molecule has 18 heavy (non-hydrogen) atoms. The lowest BCUT2D eigenvalue weighted by molar-refractivity contribution is -0.117. The standard InChI is InChI=1S/C13H16N2O3/c1-4-5-10(14)13(16)15-11-8-9(17-2)6-7-12(11)18-3/h1,6-8,10H,5,14H2,2-3H3,(H,15,16). The van der Waals surface area contributed by atoms with Crippen LogP contribution in [0.1, 0.15) is 6.42 Å². The molecule has 0 aliphatic carbocycles. The summed E-state index contributed by atoms with van der Waals surface area (Å²) in [5.41, 5.74) is 6.11. The van der Waals surface area contributed by atoms with Crippen LogP contribution in [0.3, 0.4) is 0 Å². The summed E-state index contributed by atoms with van der Waals surface area (Å²) in [4.78, 5) is 11.7. The number of nitrogens with two attached hydrogens (primary N) is 1. The fourth-order valence-corrected chi connectivity index (χ4v) is 1.36. The molecule has 0 fully saturated rings. The van der Waals surface area contributed by atoms with Crippen LogP contribution < -0.4 is 20.5 Å². The minimum atomic E-state index is -0.745. The average Bonchev–Trinajstić information content (AvgIpc) is 2.38. The minimum Gasteiger partial charge on any atom is -0.497 e. The number of carbonyl (C=O) groups is 1. The van der Waals surface area contributed by atoms with E-state index in [1.807, 2.05) is 0 Å². The van der Waals surface area contributed by atoms with E-state index in [2.05, 4.69) is 11.2 Å². The van der Waals surface area contributed by atoms with Crippen molar-refractivity contribution in [1.82, 2.24) is 0 Å². The molecule has 0 radical (unpaired) electrons. The molecule has 3 N–H and O–H groups in total. The third-order valence-corrected chi connectivity index (χ3v) is 2.34. The van der Waals surface area contributed by atoms with Gasteiger partial charge in [0.25, 0.3) is 0 Å². The number of rotatable bonds is 5. The maximum atomic E-state index is 11.7. The highest BCUT2D eigenvalue weighted by Crippen LogP contribution is 2.28. The van der Waals surface area contributed by atoms with Crippen LogP contribution in [0, 0.1) is 12.3 Å². The Labute approximate surface area is 106 Å². The first-order valence-electron chi connectivity index (χ1n) is 5.34. The quantitative estimate of drug-likeness (QED) is 0.762. The molecular formula is C13H16N2O3. The summed E-state index contributed by atoms with van der Waals surface area (Å²) < 4.78 is 10.2. The lowest BCUT2D eigenvalue weighted by Crippen LogP contribution is -2.35. The summed E-state index contributed by atoms with van der Waals surface area (Å²) in [6.45, 7) is 0. The number of carbonyl (C=O) groups excluding carboxylic acids is 1. The number of ether oxygens (including phenoxy) is 2. The molecule has 0 saturated heterocycles. The molecular weight excluding hydrogens is 232 g/mol. The van der Waals surface area contributed by atoms with Gasteiger partial charge in [0.1, 0.15) is 11.5 Å². The van der Waals surface area contributed by atoms with Crippen molar-refractivity contribution < 1.29 is 14.3 Å². The summed E-state index contributed by atoms with van der Waals surface area (Å²) in [6, 6.07) is 4.34. The van der Waals surface area contributed by atoms with Crippen molar-refractivity contribution in [2.24, 2.45) is 5.73 Å². The third kappa shape index (κ3) is 3.40. The van der Waals surface area contributed by atoms with Crippen LogP contribution in [0.25, 0.3) is 0 Å². The normalized spacial score (nSPS) is 11.2. The third-order valence-electron chi connectivity index (χ3n) is 2.34. The fourth-order valence-electron chi connectivity index (χ4n) is 1.36. The van der Waals surface area contributed by atoms with Gasteiger partial charge in [-0.25, -0.2) is 0 Å². The number of methoxy groups -OCH3 is 2. The first-order chi connectivity index (χ1) is 8.62. The van der Waals surface area contributed by atoms with Crippen LogP contribution in [-0.2, 0) is 4.79 Å². The molecule has 0 aliphatic heterocycles. The molecule has 5 heteroatoms. The van der Waals surface area contributed by atoms with Gasteiger partial charge in [-0.05, 0) is 12.1 Å². The lowest BCUT2D eigenvalue weighted by atomic mass is 10.2. The lowest BCUT2D eigenvalue weighted by Gasteiger charge is -2.13. The van der Waals surface area contributed by atoms with Crippen molar-refractivity contribution >= 4 is 11.6 Å². The second kappa shape index (κ2) is 6.52. The molecule has 0 aliphatic rings. The Hall–Kier alpha value is -2.19. The summed E-state index contributed by atoms with van der Waals surface area (Å²) in [6.07, 6.45) is 5.29. The highest BCUT2D eigenvalue weighted by atomic mass is 16.5. The van der Waals surface area contributed by atoms with Gasteiger partial charge in [-0.3, -0.25) is 4.79 Å². The molecule has 0 heterocycles. The molecule has 1 aromatic carbocycles. The summed E-state index contributed by atoms with van der Waals surface area (Å²) in [7, 11) is 3.05. The Morgan fingerprint density at radius 3 is 2.78 bits per heavy atom. The van der Waals surface area contributed by atoms with Gasteiger partial charge in [0, 0.05) is 12.5 Å². The molecule has 1 rings (SSSR count). The van der Waals surface area contributed by atoms with Crippen LogP contribution in [0.4, 0.5) is 5.69 Å². The van der Waals surface area contributed by atoms with E-state index < -0.39 is 6.04 Å². The molecule has 96 valence electrons. The van der Waals surface area contributed by atoms with Gasteiger partial charge in [0.15, 0.2) is 0 Å². The molecule has 1 atom stereocenters. The van der Waals surface area contributed by atoms with Crippen molar-refractivity contribution in [3.63, 3.8) is 0 Å². The first kappa shape index (κ1) is 13.9. The largest absolute Gasteiger partial charge is 0.497 e. The maximum absolute atomic E-state index is 11.7. The van der Waals surface area contributed by atoms with E-state index in [1.54, 1.807) is 18.2 Å². The average molecular weight is 248 g/mol. The molecule has 0 aromatic heterocycles. The van der Waals surface area contributed by atoms with Crippen LogP contribution in [-0.4, -0.2) is 26.2 Å². The van der Waals surface area contributed by atoms with Gasteiger partial charge in [-0.1, -0.05) is 0 Å². The fraction of sp³-hybridized carbons (Fsp3) is 0.308. The highest BCUT2D eigenvalue weighted by molar-refractivity contribution is 5.96. The van der Waals surface area contributed by atoms with Gasteiger partial charge >= 0.3 is 0 Å². The summed E-state index contributed by atoms with van der Waals surface area (Å²) in [5, 5.41) is 2.66. The molecule has 1 aromatic rings. The highest BCUT2D eigenvalue weighted by Gasteiger charge is 2.14. The second-order valence-electron chi connectivity index (χ2n) is 3.57. The van der Waals surface area contributed by atoms with E-state index in [0.29, 0.717) is 17.2 Å². The van der Waals surface area contributed by atoms with Crippen LogP contribution >= 0.6 is 0 Å². The number of hydrogen-bond acceptors (Lipinski definition) is 4. The Morgan fingerprint density at radius 1 is 1.50 bits per heavy atom. The predicted molar refractivity (Wildman–Crippen MR) is 69.6 cm³/mol. The molecule has 0 bridgehead atoms. The van der Waals surface area contributed by atoms with Gasteiger partial charge in [0.2, 0.25) is 5.91 Å². The van der Waals surface area contributed by atoms with E-state index in [4.69, 9.17) is 21.6 Å². The Bertz CT molecular complexity index is 466. The number of terminal acetylenes is 1. The monoisotopic (exact) mass is 248 g/mol. The minimum absolute atomic E-state index is 0.179. The van der Waals surface area contributed by atoms with Gasteiger partial charge < -0.3 is 20.5 Å². The first-order valence-corrected chi connectivity index (χ1v) is 5.34. The zero-order chi connectivity index (χ0) is 13.5. The Morgan fingerprint density at radius 2 is 2.22 bits per heavy atom. The van der Waals surface area contributed by atoms with Crippen molar-refractivity contribution in [2.75, 3.05) is 19.5 Å². The zero-order valence-electron chi connectivity index (χ0n) is 10.4. The van der Waals surface area contributed by atoms with E-state index in [1.165, 1.54) is 14.2 Å². The SMILES string of the molecule is C#CCC(N)C(=O)Nc1cc(OC)ccc1OC. The summed E-state index contributed by atoms with van der Waals surface area (Å²) >= 11 is 0. The number of anilines is 1. The molecule has 0 spiro atoms. The predicted octanol–water partition coefficient (Wildman–Crippen LogP) is 0.993. The van der Waals surface area contributed by atoms with Crippen molar-refractivity contribution in [3.05, 3.63) is 18.2 Å². The number of hydrogen-bond donors (Lipinski definition) is 2. The topological polar surface area (TPSA) is 73.6 Å². The van der Waals surface area contributed by atoms with Gasteiger partial charge in [0.05, 0.1) is 25.9 Å². The van der Waals surface area contributed by atoms with Crippen LogP contribution in [0.2, 0.25) is 0 Å². The van der Waals surface area contributed by atoms with E-state index in [-0.39, 0.29) is 12.3 Å². The molecule has 5 nitrogen and oxygen atoms in total. The number of amides is 1. The molecule has 0 saturated carbocycles. The Balaban J connectivity index is 2.88. The Kier molecular flexibility index (Phi) is 5.03. The van der Waals surface area contributed by atoms with Gasteiger partial charge in [-0.2, -0.15) is 0 Å². The maximum Gasteiger partial charge on any atom is 0.242 e. The number of nitrogens with one attached hydrogen (secondary N) is 1. The zero-order valence-corrected chi connectivity index (χ0v) is 10.4. The van der Waals surface area contributed by atoms with Crippen molar-refractivity contribution in [3.8, 4) is 23.8 Å². The smallest absolute Gasteiger partial charge is 0.242 e. The van der Waals surface area contributed by atoms with Crippen molar-refractivity contribution in [2.45, 2.75) is 12.5 Å². The van der Waals surface area contributed by atoms with E-state index >= 15 is 0 Å². The van der Waals surface area contributed by atoms with Gasteiger partial charge in [-0.15, -0.1) is 12.3 Å².